The molecule has 2 atom stereocenters. The predicted molar refractivity (Wildman–Crippen MR) is 60.3 cm³/mol. The van der Waals surface area contributed by atoms with E-state index in [1.807, 2.05) is 24.3 Å². The molecule has 3 nitrogen and oxygen atoms in total. The maximum atomic E-state index is 11.0. The molecule has 0 bridgehead atoms. The molecule has 1 N–H and O–H groups in total. The summed E-state index contributed by atoms with van der Waals surface area (Å²) < 4.78 is 5.51. The minimum atomic E-state index is -0.762. The van der Waals surface area contributed by atoms with Crippen LogP contribution in [0.3, 0.4) is 0 Å². The summed E-state index contributed by atoms with van der Waals surface area (Å²) in [7, 11) is 0. The van der Waals surface area contributed by atoms with Gasteiger partial charge >= 0.3 is 5.97 Å². The van der Waals surface area contributed by atoms with Gasteiger partial charge in [0.1, 0.15) is 0 Å². The van der Waals surface area contributed by atoms with Crippen molar-refractivity contribution in [3.63, 3.8) is 0 Å². The molecule has 1 saturated heterocycles. The van der Waals surface area contributed by atoms with Crippen molar-refractivity contribution in [1.29, 1.82) is 0 Å². The Bertz CT molecular complexity index is 369. The first-order chi connectivity index (χ1) is 7.72. The lowest BCUT2D eigenvalue weighted by atomic mass is 9.95. The number of aliphatic carboxylic acids is 1. The zero-order chi connectivity index (χ0) is 11.5. The van der Waals surface area contributed by atoms with Gasteiger partial charge in [-0.3, -0.25) is 4.79 Å². The molecular formula is C13H16O3. The van der Waals surface area contributed by atoms with Crippen molar-refractivity contribution in [1.82, 2.24) is 0 Å². The number of hydrogen-bond donors (Lipinski definition) is 1. The average molecular weight is 220 g/mol. The summed E-state index contributed by atoms with van der Waals surface area (Å²) in [6.07, 6.45) is 1.33. The number of hydrogen-bond acceptors (Lipinski definition) is 2. The van der Waals surface area contributed by atoms with Crippen LogP contribution in [0.4, 0.5) is 0 Å². The van der Waals surface area contributed by atoms with Gasteiger partial charge in [0.05, 0.1) is 12.0 Å². The molecule has 0 saturated carbocycles. The second-order valence-electron chi connectivity index (χ2n) is 4.12. The SMILES string of the molecule is CCc1ccc(C2OCCC2C(=O)O)cc1. The van der Waals surface area contributed by atoms with Crippen molar-refractivity contribution in [2.75, 3.05) is 6.61 Å². The topological polar surface area (TPSA) is 46.5 Å². The zero-order valence-electron chi connectivity index (χ0n) is 9.35. The van der Waals surface area contributed by atoms with Crippen molar-refractivity contribution < 1.29 is 14.6 Å². The van der Waals surface area contributed by atoms with E-state index < -0.39 is 11.9 Å². The second-order valence-corrected chi connectivity index (χ2v) is 4.12. The number of carbonyl (C=O) groups is 1. The first kappa shape index (κ1) is 11.1. The van der Waals surface area contributed by atoms with Gasteiger partial charge in [-0.25, -0.2) is 0 Å². The lowest BCUT2D eigenvalue weighted by Gasteiger charge is -2.15. The van der Waals surface area contributed by atoms with E-state index in [2.05, 4.69) is 6.92 Å². The maximum Gasteiger partial charge on any atom is 0.309 e. The molecule has 0 spiro atoms. The molecule has 1 fully saturated rings. The highest BCUT2D eigenvalue weighted by Crippen LogP contribution is 2.34. The fourth-order valence-electron chi connectivity index (χ4n) is 2.11. The van der Waals surface area contributed by atoms with Crippen LogP contribution in [0, 0.1) is 5.92 Å². The van der Waals surface area contributed by atoms with Crippen LogP contribution in [0.15, 0.2) is 24.3 Å². The highest BCUT2D eigenvalue weighted by molar-refractivity contribution is 5.71. The Labute approximate surface area is 95.0 Å². The van der Waals surface area contributed by atoms with Crippen LogP contribution in [0.2, 0.25) is 0 Å². The molecule has 1 aromatic carbocycles. The molecule has 1 aliphatic heterocycles. The number of benzene rings is 1. The van der Waals surface area contributed by atoms with Crippen molar-refractivity contribution in [2.45, 2.75) is 25.9 Å². The number of carboxylic acids is 1. The summed E-state index contributed by atoms with van der Waals surface area (Å²) >= 11 is 0. The second kappa shape index (κ2) is 4.66. The summed E-state index contributed by atoms with van der Waals surface area (Å²) in [4.78, 5) is 11.0. The standard InChI is InChI=1S/C13H16O3/c1-2-9-3-5-10(6-4-9)12-11(13(14)15)7-8-16-12/h3-6,11-12H,2,7-8H2,1H3,(H,14,15). The number of aryl methyl sites for hydroxylation is 1. The first-order valence-corrected chi connectivity index (χ1v) is 5.65. The van der Waals surface area contributed by atoms with E-state index in [-0.39, 0.29) is 6.10 Å². The van der Waals surface area contributed by atoms with E-state index in [1.165, 1.54) is 5.56 Å². The van der Waals surface area contributed by atoms with Crippen molar-refractivity contribution >= 4 is 5.97 Å². The van der Waals surface area contributed by atoms with Crippen LogP contribution in [-0.4, -0.2) is 17.7 Å². The normalized spacial score (nSPS) is 24.6. The Kier molecular flexibility index (Phi) is 3.25. The maximum absolute atomic E-state index is 11.0. The largest absolute Gasteiger partial charge is 0.481 e. The third-order valence-electron chi connectivity index (χ3n) is 3.13. The van der Waals surface area contributed by atoms with Crippen LogP contribution in [0.1, 0.15) is 30.6 Å². The fourth-order valence-corrected chi connectivity index (χ4v) is 2.11. The number of ether oxygens (including phenoxy) is 1. The van der Waals surface area contributed by atoms with Gasteiger partial charge in [-0.2, -0.15) is 0 Å². The van der Waals surface area contributed by atoms with Crippen molar-refractivity contribution in [3.05, 3.63) is 35.4 Å². The average Bonchev–Trinajstić information content (AvgIpc) is 2.78. The van der Waals surface area contributed by atoms with E-state index in [9.17, 15) is 4.79 Å². The van der Waals surface area contributed by atoms with Crippen LogP contribution in [0.5, 0.6) is 0 Å². The molecule has 86 valence electrons. The van der Waals surface area contributed by atoms with Gasteiger partial charge in [-0.05, 0) is 24.0 Å². The van der Waals surface area contributed by atoms with Crippen molar-refractivity contribution in [3.8, 4) is 0 Å². The summed E-state index contributed by atoms with van der Waals surface area (Å²) in [5.41, 5.74) is 2.23. The smallest absolute Gasteiger partial charge is 0.309 e. The molecule has 1 heterocycles. The lowest BCUT2D eigenvalue weighted by Crippen LogP contribution is -2.17. The molecule has 16 heavy (non-hydrogen) atoms. The molecule has 0 aromatic heterocycles. The van der Waals surface area contributed by atoms with Gasteiger partial charge in [0.25, 0.3) is 0 Å². The molecule has 1 aliphatic rings. The first-order valence-electron chi connectivity index (χ1n) is 5.65. The molecule has 1 aromatic rings. The number of rotatable bonds is 3. The molecule has 0 radical (unpaired) electrons. The number of carboxylic acid groups (broad SMARTS) is 1. The molecule has 2 unspecified atom stereocenters. The van der Waals surface area contributed by atoms with Gasteiger partial charge in [-0.15, -0.1) is 0 Å². The molecule has 0 aliphatic carbocycles. The summed E-state index contributed by atoms with van der Waals surface area (Å²) in [6, 6.07) is 8.03. The summed E-state index contributed by atoms with van der Waals surface area (Å²) in [5.74, 6) is -1.16. The van der Waals surface area contributed by atoms with Gasteiger partial charge < -0.3 is 9.84 Å². The third-order valence-corrected chi connectivity index (χ3v) is 3.13. The predicted octanol–water partition coefficient (Wildman–Crippen LogP) is 2.41. The van der Waals surface area contributed by atoms with Crippen molar-refractivity contribution in [2.24, 2.45) is 5.92 Å². The van der Waals surface area contributed by atoms with Crippen LogP contribution >= 0.6 is 0 Å². The Morgan fingerprint density at radius 3 is 2.69 bits per heavy atom. The zero-order valence-corrected chi connectivity index (χ0v) is 9.35. The monoisotopic (exact) mass is 220 g/mol. The lowest BCUT2D eigenvalue weighted by molar-refractivity contribution is -0.143. The fraction of sp³-hybridized carbons (Fsp3) is 0.462. The molecule has 3 heteroatoms. The summed E-state index contributed by atoms with van der Waals surface area (Å²) in [5, 5.41) is 9.07. The van der Waals surface area contributed by atoms with Gasteiger partial charge in [0.2, 0.25) is 0 Å². The Balaban J connectivity index is 2.19. The molecular weight excluding hydrogens is 204 g/mol. The van der Waals surface area contributed by atoms with Gasteiger partial charge in [-0.1, -0.05) is 31.2 Å². The highest BCUT2D eigenvalue weighted by atomic mass is 16.5. The Morgan fingerprint density at radius 1 is 1.44 bits per heavy atom. The van der Waals surface area contributed by atoms with E-state index in [1.54, 1.807) is 0 Å². The quantitative estimate of drug-likeness (QED) is 0.850. The summed E-state index contributed by atoms with van der Waals surface area (Å²) in [6.45, 7) is 2.64. The Hall–Kier alpha value is -1.35. The van der Waals surface area contributed by atoms with Crippen LogP contribution in [0.25, 0.3) is 0 Å². The Morgan fingerprint density at radius 2 is 2.12 bits per heavy atom. The minimum Gasteiger partial charge on any atom is -0.481 e. The highest BCUT2D eigenvalue weighted by Gasteiger charge is 2.34. The van der Waals surface area contributed by atoms with E-state index in [0.29, 0.717) is 13.0 Å². The van der Waals surface area contributed by atoms with Crippen LogP contribution < -0.4 is 0 Å². The van der Waals surface area contributed by atoms with E-state index >= 15 is 0 Å². The molecule has 0 amide bonds. The van der Waals surface area contributed by atoms with Crippen LogP contribution in [-0.2, 0) is 16.0 Å². The minimum absolute atomic E-state index is 0.275. The van der Waals surface area contributed by atoms with E-state index in [0.717, 1.165) is 12.0 Å². The third kappa shape index (κ3) is 2.09. The molecule has 2 rings (SSSR count). The van der Waals surface area contributed by atoms with E-state index in [4.69, 9.17) is 9.84 Å². The van der Waals surface area contributed by atoms with Gasteiger partial charge in [0.15, 0.2) is 0 Å². The van der Waals surface area contributed by atoms with Gasteiger partial charge in [0, 0.05) is 6.61 Å².